The number of nitrogens with zero attached hydrogens (tertiary/aromatic N) is 1. The predicted octanol–water partition coefficient (Wildman–Crippen LogP) is 1.56. The number of amides is 2. The smallest absolute Gasteiger partial charge is 0.315 e. The first-order valence-corrected chi connectivity index (χ1v) is 9.52. The highest BCUT2D eigenvalue weighted by molar-refractivity contribution is 7.89. The maximum atomic E-state index is 12.6. The van der Waals surface area contributed by atoms with E-state index in [1.54, 1.807) is 12.1 Å². The second-order valence-corrected chi connectivity index (χ2v) is 7.89. The number of sulfonamides is 1. The molecule has 8 heteroatoms. The van der Waals surface area contributed by atoms with Crippen molar-refractivity contribution < 1.29 is 17.9 Å². The zero-order valence-corrected chi connectivity index (χ0v) is 15.1. The number of carbonyl (C=O) groups is 1. The van der Waals surface area contributed by atoms with Gasteiger partial charge in [-0.05, 0) is 44.0 Å². The molecule has 134 valence electrons. The van der Waals surface area contributed by atoms with E-state index in [0.29, 0.717) is 18.7 Å². The maximum Gasteiger partial charge on any atom is 0.315 e. The van der Waals surface area contributed by atoms with Crippen LogP contribution in [0, 0.1) is 0 Å². The summed E-state index contributed by atoms with van der Waals surface area (Å²) < 4.78 is 31.7. The van der Waals surface area contributed by atoms with E-state index in [4.69, 9.17) is 4.74 Å². The second-order valence-electron chi connectivity index (χ2n) is 5.95. The van der Waals surface area contributed by atoms with Gasteiger partial charge >= 0.3 is 6.03 Å². The lowest BCUT2D eigenvalue weighted by Gasteiger charge is -2.18. The van der Waals surface area contributed by atoms with Gasteiger partial charge in [-0.3, -0.25) is 0 Å². The van der Waals surface area contributed by atoms with Gasteiger partial charge < -0.3 is 15.4 Å². The second kappa shape index (κ2) is 7.85. The summed E-state index contributed by atoms with van der Waals surface area (Å²) in [5, 5.41) is 5.66. The summed E-state index contributed by atoms with van der Waals surface area (Å²) in [6.45, 7) is 4.59. The molecule has 24 heavy (non-hydrogen) atoms. The largest absolute Gasteiger partial charge is 0.497 e. The molecule has 0 saturated carbocycles. The van der Waals surface area contributed by atoms with Crippen molar-refractivity contribution in [1.29, 1.82) is 0 Å². The Morgan fingerprint density at radius 2 is 2.04 bits per heavy atom. The highest BCUT2D eigenvalue weighted by Gasteiger charge is 2.33. The van der Waals surface area contributed by atoms with Crippen LogP contribution in [0.25, 0.3) is 0 Å². The predicted molar refractivity (Wildman–Crippen MR) is 91.6 cm³/mol. The number of carbonyl (C=O) groups excluding carboxylic acids is 1. The van der Waals surface area contributed by atoms with E-state index in [1.165, 1.54) is 23.5 Å². The van der Waals surface area contributed by atoms with Gasteiger partial charge in [0, 0.05) is 25.2 Å². The molecule has 0 radical (unpaired) electrons. The molecule has 2 unspecified atom stereocenters. The van der Waals surface area contributed by atoms with Crippen LogP contribution < -0.4 is 15.4 Å². The Hall–Kier alpha value is -1.80. The summed E-state index contributed by atoms with van der Waals surface area (Å²) in [6, 6.07) is 5.97. The standard InChI is InChI=1S/C16H25N3O4S/c1-4-12(2)17-16(20)18-13-9-10-19(11-13)24(21,22)15-7-5-14(23-3)6-8-15/h5-8,12-13H,4,9-11H2,1-3H3,(H2,17,18,20). The van der Waals surface area contributed by atoms with Crippen LogP contribution in [0.4, 0.5) is 4.79 Å². The third kappa shape index (κ3) is 4.39. The lowest BCUT2D eigenvalue weighted by molar-refractivity contribution is 0.234. The monoisotopic (exact) mass is 355 g/mol. The van der Waals surface area contributed by atoms with E-state index in [9.17, 15) is 13.2 Å². The molecule has 2 rings (SSSR count). The van der Waals surface area contributed by atoms with Crippen molar-refractivity contribution in [3.05, 3.63) is 24.3 Å². The van der Waals surface area contributed by atoms with E-state index in [-0.39, 0.29) is 29.6 Å². The molecule has 0 spiro atoms. The maximum absolute atomic E-state index is 12.6. The summed E-state index contributed by atoms with van der Waals surface area (Å²) in [4.78, 5) is 12.1. The molecule has 1 aliphatic heterocycles. The number of hydrogen-bond donors (Lipinski definition) is 2. The zero-order chi connectivity index (χ0) is 17.7. The minimum Gasteiger partial charge on any atom is -0.497 e. The Balaban J connectivity index is 1.97. The number of rotatable bonds is 6. The average molecular weight is 355 g/mol. The van der Waals surface area contributed by atoms with Crippen LogP contribution in [0.1, 0.15) is 26.7 Å². The number of nitrogens with one attached hydrogen (secondary N) is 2. The fourth-order valence-electron chi connectivity index (χ4n) is 2.51. The van der Waals surface area contributed by atoms with Crippen LogP contribution >= 0.6 is 0 Å². The molecule has 1 fully saturated rings. The zero-order valence-electron chi connectivity index (χ0n) is 14.3. The Bertz CT molecular complexity index is 660. The molecule has 0 bridgehead atoms. The fourth-order valence-corrected chi connectivity index (χ4v) is 4.01. The minimum absolute atomic E-state index is 0.0885. The molecule has 1 heterocycles. The topological polar surface area (TPSA) is 87.7 Å². The number of hydrogen-bond acceptors (Lipinski definition) is 4. The first-order chi connectivity index (χ1) is 11.4. The summed E-state index contributed by atoms with van der Waals surface area (Å²) >= 11 is 0. The van der Waals surface area contributed by atoms with Crippen molar-refractivity contribution in [3.63, 3.8) is 0 Å². The molecule has 0 aliphatic carbocycles. The minimum atomic E-state index is -3.55. The van der Waals surface area contributed by atoms with E-state index >= 15 is 0 Å². The highest BCUT2D eigenvalue weighted by Crippen LogP contribution is 2.23. The van der Waals surface area contributed by atoms with Crippen molar-refractivity contribution in [2.45, 2.75) is 43.7 Å². The number of methoxy groups -OCH3 is 1. The Labute approximate surface area is 143 Å². The highest BCUT2D eigenvalue weighted by atomic mass is 32.2. The van der Waals surface area contributed by atoms with Gasteiger partial charge in [0.2, 0.25) is 10.0 Å². The Kier molecular flexibility index (Phi) is 6.06. The van der Waals surface area contributed by atoms with Crippen LogP contribution in [0.15, 0.2) is 29.2 Å². The first kappa shape index (κ1) is 18.5. The molecule has 2 amide bonds. The quantitative estimate of drug-likeness (QED) is 0.810. The molecular weight excluding hydrogens is 330 g/mol. The Morgan fingerprint density at radius 1 is 1.38 bits per heavy atom. The Morgan fingerprint density at radius 3 is 2.62 bits per heavy atom. The summed E-state index contributed by atoms with van der Waals surface area (Å²) in [5.41, 5.74) is 0. The van der Waals surface area contributed by atoms with Gasteiger partial charge in [0.25, 0.3) is 0 Å². The number of urea groups is 1. The fraction of sp³-hybridized carbons (Fsp3) is 0.562. The van der Waals surface area contributed by atoms with E-state index in [1.807, 2.05) is 13.8 Å². The van der Waals surface area contributed by atoms with Gasteiger partial charge in [0.15, 0.2) is 0 Å². The number of ether oxygens (including phenoxy) is 1. The van der Waals surface area contributed by atoms with Crippen molar-refractivity contribution in [3.8, 4) is 5.75 Å². The molecule has 1 aromatic carbocycles. The van der Waals surface area contributed by atoms with Crippen LogP contribution in [0.3, 0.4) is 0 Å². The van der Waals surface area contributed by atoms with E-state index in [2.05, 4.69) is 10.6 Å². The molecule has 2 atom stereocenters. The summed E-state index contributed by atoms with van der Waals surface area (Å²) in [5.74, 6) is 0.608. The lowest BCUT2D eigenvalue weighted by Crippen LogP contribution is -2.46. The van der Waals surface area contributed by atoms with Crippen molar-refractivity contribution >= 4 is 16.1 Å². The van der Waals surface area contributed by atoms with Gasteiger partial charge in [-0.15, -0.1) is 0 Å². The van der Waals surface area contributed by atoms with Gasteiger partial charge in [0.1, 0.15) is 5.75 Å². The molecule has 1 saturated heterocycles. The van der Waals surface area contributed by atoms with Crippen LogP contribution in [0.5, 0.6) is 5.75 Å². The van der Waals surface area contributed by atoms with Crippen LogP contribution in [-0.4, -0.2) is 51.0 Å². The van der Waals surface area contributed by atoms with Crippen LogP contribution in [-0.2, 0) is 10.0 Å². The molecule has 7 nitrogen and oxygen atoms in total. The molecule has 1 aromatic rings. The van der Waals surface area contributed by atoms with Crippen molar-refractivity contribution in [1.82, 2.24) is 14.9 Å². The van der Waals surface area contributed by atoms with Crippen molar-refractivity contribution in [2.24, 2.45) is 0 Å². The SMILES string of the molecule is CCC(C)NC(=O)NC1CCN(S(=O)(=O)c2ccc(OC)cc2)C1. The first-order valence-electron chi connectivity index (χ1n) is 8.08. The van der Waals surface area contributed by atoms with Gasteiger partial charge in [-0.2, -0.15) is 4.31 Å². The molecule has 2 N–H and O–H groups in total. The molecule has 0 aromatic heterocycles. The van der Waals surface area contributed by atoms with Crippen LogP contribution in [0.2, 0.25) is 0 Å². The normalized spacial score (nSPS) is 19.7. The molecular formula is C16H25N3O4S. The average Bonchev–Trinajstić information content (AvgIpc) is 3.03. The third-order valence-corrected chi connectivity index (χ3v) is 6.05. The molecule has 1 aliphatic rings. The van der Waals surface area contributed by atoms with Gasteiger partial charge in [-0.1, -0.05) is 6.92 Å². The van der Waals surface area contributed by atoms with E-state index in [0.717, 1.165) is 6.42 Å². The van der Waals surface area contributed by atoms with E-state index < -0.39 is 10.0 Å². The lowest BCUT2D eigenvalue weighted by atomic mass is 10.2. The van der Waals surface area contributed by atoms with Gasteiger partial charge in [-0.25, -0.2) is 13.2 Å². The third-order valence-electron chi connectivity index (χ3n) is 4.17. The number of benzene rings is 1. The summed E-state index contributed by atoms with van der Waals surface area (Å²) in [6.07, 6.45) is 1.44. The van der Waals surface area contributed by atoms with Crippen molar-refractivity contribution in [2.75, 3.05) is 20.2 Å². The van der Waals surface area contributed by atoms with Gasteiger partial charge in [0.05, 0.1) is 12.0 Å². The summed E-state index contributed by atoms with van der Waals surface area (Å²) in [7, 11) is -2.02.